The van der Waals surface area contributed by atoms with Crippen LogP contribution in [-0.2, 0) is 0 Å². The molecule has 0 N–H and O–H groups in total. The first-order valence-corrected chi connectivity index (χ1v) is 3.84. The Hall–Kier alpha value is -1.39. The van der Waals surface area contributed by atoms with Gasteiger partial charge in [-0.05, 0) is 13.8 Å². The molecule has 0 amide bonds. The lowest BCUT2D eigenvalue weighted by Crippen LogP contribution is -2.24. The Morgan fingerprint density at radius 1 is 1.33 bits per heavy atom. The Morgan fingerprint density at radius 3 is 2.50 bits per heavy atom. The van der Waals surface area contributed by atoms with E-state index in [1.54, 1.807) is 0 Å². The largest absolute Gasteiger partial charge is 0.341 e. The Labute approximate surface area is 71.6 Å². The lowest BCUT2D eigenvalue weighted by atomic mass is 10.5. The summed E-state index contributed by atoms with van der Waals surface area (Å²) < 4.78 is 0. The predicted molar refractivity (Wildman–Crippen MR) is 44.0 cm³/mol. The Morgan fingerprint density at radius 2 is 2.00 bits per heavy atom. The molecule has 3 radical (unpaired) electrons. The van der Waals surface area contributed by atoms with Gasteiger partial charge in [-0.2, -0.15) is 15.0 Å². The number of aromatic nitrogens is 3. The minimum atomic E-state index is -0.285. The van der Waals surface area contributed by atoms with Gasteiger partial charge in [-0.15, -0.1) is 5.73 Å². The van der Waals surface area contributed by atoms with Crippen molar-refractivity contribution in [3.8, 4) is 0 Å². The van der Waals surface area contributed by atoms with Crippen LogP contribution in [0.1, 0.15) is 13.8 Å². The van der Waals surface area contributed by atoms with Crippen LogP contribution in [-0.4, -0.2) is 28.0 Å². The van der Waals surface area contributed by atoms with Crippen molar-refractivity contribution in [2.75, 3.05) is 18.0 Å². The number of anilines is 1. The van der Waals surface area contributed by atoms with Gasteiger partial charge in [0.1, 0.15) is 0 Å². The summed E-state index contributed by atoms with van der Waals surface area (Å²) in [6.07, 6.45) is 2.32. The molecule has 1 rings (SSSR count). The van der Waals surface area contributed by atoms with E-state index < -0.39 is 0 Å². The molecule has 0 aromatic carbocycles. The SMILES string of the molecule is CCN(CC)c1n[c]nc([N])n1. The maximum Gasteiger partial charge on any atom is 0.274 e. The second-order valence-electron chi connectivity index (χ2n) is 2.21. The van der Waals surface area contributed by atoms with E-state index in [0.717, 1.165) is 13.1 Å². The van der Waals surface area contributed by atoms with Crippen molar-refractivity contribution in [1.82, 2.24) is 20.7 Å². The van der Waals surface area contributed by atoms with Crippen molar-refractivity contribution in [2.24, 2.45) is 0 Å². The molecule has 0 aliphatic heterocycles. The topological polar surface area (TPSA) is 64.2 Å². The average Bonchev–Trinajstić information content (AvgIpc) is 2.07. The van der Waals surface area contributed by atoms with Gasteiger partial charge in [0.15, 0.2) is 0 Å². The van der Waals surface area contributed by atoms with Gasteiger partial charge in [-0.3, -0.25) is 0 Å². The van der Waals surface area contributed by atoms with Gasteiger partial charge in [0.2, 0.25) is 12.3 Å². The molecule has 0 saturated heterocycles. The summed E-state index contributed by atoms with van der Waals surface area (Å²) >= 11 is 0. The first-order valence-electron chi connectivity index (χ1n) is 3.84. The quantitative estimate of drug-likeness (QED) is 0.641. The molecule has 0 fully saturated rings. The second-order valence-corrected chi connectivity index (χ2v) is 2.21. The zero-order chi connectivity index (χ0) is 8.97. The van der Waals surface area contributed by atoms with Crippen molar-refractivity contribution in [2.45, 2.75) is 13.8 Å². The zero-order valence-corrected chi connectivity index (χ0v) is 7.15. The first kappa shape index (κ1) is 8.70. The highest BCUT2D eigenvalue weighted by molar-refractivity contribution is 5.30. The van der Waals surface area contributed by atoms with Crippen molar-refractivity contribution in [1.29, 1.82) is 0 Å². The molecule has 0 aliphatic rings. The standard InChI is InChI=1S/C7H10N5/c1-3-12(4-2)7-10-5-9-6(8)11-7/h3-4H2,1-2H3. The molecule has 1 aromatic rings. The molecule has 5 nitrogen and oxygen atoms in total. The van der Waals surface area contributed by atoms with Crippen LogP contribution in [0.15, 0.2) is 0 Å². The van der Waals surface area contributed by atoms with Gasteiger partial charge < -0.3 is 4.90 Å². The zero-order valence-electron chi connectivity index (χ0n) is 7.15. The fourth-order valence-electron chi connectivity index (χ4n) is 0.902. The van der Waals surface area contributed by atoms with E-state index in [1.165, 1.54) is 0 Å². The van der Waals surface area contributed by atoms with Gasteiger partial charge in [0.25, 0.3) is 5.95 Å². The van der Waals surface area contributed by atoms with Crippen molar-refractivity contribution >= 4 is 11.9 Å². The molecular weight excluding hydrogens is 154 g/mol. The summed E-state index contributed by atoms with van der Waals surface area (Å²) in [6, 6.07) is 0. The summed E-state index contributed by atoms with van der Waals surface area (Å²) in [5.41, 5.74) is 8.93. The monoisotopic (exact) mass is 164 g/mol. The Bertz CT molecular complexity index is 245. The summed E-state index contributed by atoms with van der Waals surface area (Å²) in [7, 11) is 0. The highest BCUT2D eigenvalue weighted by Crippen LogP contribution is 2.05. The number of rotatable bonds is 3. The molecule has 0 unspecified atom stereocenters. The molecule has 5 heteroatoms. The van der Waals surface area contributed by atoms with Crippen LogP contribution in [0, 0.1) is 6.33 Å². The highest BCUT2D eigenvalue weighted by atomic mass is 15.3. The number of hydrogen-bond donors (Lipinski definition) is 0. The summed E-state index contributed by atoms with van der Waals surface area (Å²) in [4.78, 5) is 12.8. The summed E-state index contributed by atoms with van der Waals surface area (Å²) in [6.45, 7) is 5.58. The molecule has 0 spiro atoms. The molecule has 1 aromatic heterocycles. The molecule has 0 saturated carbocycles. The van der Waals surface area contributed by atoms with Crippen LogP contribution in [0.5, 0.6) is 0 Å². The van der Waals surface area contributed by atoms with Crippen molar-refractivity contribution < 1.29 is 0 Å². The van der Waals surface area contributed by atoms with Crippen molar-refractivity contribution in [3.05, 3.63) is 6.33 Å². The minimum Gasteiger partial charge on any atom is -0.341 e. The van der Waals surface area contributed by atoms with Crippen LogP contribution < -0.4 is 10.6 Å². The molecule has 0 bridgehead atoms. The molecule has 1 heterocycles. The lowest BCUT2D eigenvalue weighted by molar-refractivity contribution is 0.809. The van der Waals surface area contributed by atoms with Gasteiger partial charge in [0, 0.05) is 13.1 Å². The van der Waals surface area contributed by atoms with E-state index in [4.69, 9.17) is 5.73 Å². The molecule has 63 valence electrons. The average molecular weight is 164 g/mol. The smallest absolute Gasteiger partial charge is 0.274 e. The highest BCUT2D eigenvalue weighted by Gasteiger charge is 2.05. The molecular formula is C7H10N5. The molecule has 0 atom stereocenters. The van der Waals surface area contributed by atoms with Crippen LogP contribution in [0.4, 0.5) is 11.9 Å². The minimum absolute atomic E-state index is 0.285. The fourth-order valence-corrected chi connectivity index (χ4v) is 0.902. The number of nitrogens with zero attached hydrogens (tertiary/aromatic N) is 5. The van der Waals surface area contributed by atoms with Gasteiger partial charge in [0.05, 0.1) is 0 Å². The van der Waals surface area contributed by atoms with Gasteiger partial charge in [-0.1, -0.05) is 0 Å². The van der Waals surface area contributed by atoms with Crippen LogP contribution in [0.2, 0.25) is 0 Å². The van der Waals surface area contributed by atoms with Crippen LogP contribution >= 0.6 is 0 Å². The van der Waals surface area contributed by atoms with Gasteiger partial charge >= 0.3 is 0 Å². The van der Waals surface area contributed by atoms with Crippen LogP contribution in [0.3, 0.4) is 0 Å². The summed E-state index contributed by atoms with van der Waals surface area (Å²) in [5, 5.41) is 0. The van der Waals surface area contributed by atoms with Gasteiger partial charge in [-0.25, -0.2) is 0 Å². The Balaban J connectivity index is 2.85. The van der Waals surface area contributed by atoms with E-state index in [9.17, 15) is 0 Å². The predicted octanol–water partition coefficient (Wildman–Crippen LogP) is 0.218. The lowest BCUT2D eigenvalue weighted by Gasteiger charge is -2.16. The van der Waals surface area contributed by atoms with Crippen LogP contribution in [0.25, 0.3) is 0 Å². The summed E-state index contributed by atoms with van der Waals surface area (Å²) in [5.74, 6) is 0.180. The third kappa shape index (κ3) is 1.81. The molecule has 12 heavy (non-hydrogen) atoms. The normalized spacial score (nSPS) is 9.83. The Kier molecular flexibility index (Phi) is 2.79. The van der Waals surface area contributed by atoms with E-state index in [-0.39, 0.29) is 5.95 Å². The number of hydrogen-bond acceptors (Lipinski definition) is 4. The van der Waals surface area contributed by atoms with E-state index in [0.29, 0.717) is 5.95 Å². The third-order valence-electron chi connectivity index (χ3n) is 1.55. The third-order valence-corrected chi connectivity index (χ3v) is 1.55. The maximum absolute atomic E-state index is 8.93. The van der Waals surface area contributed by atoms with E-state index >= 15 is 0 Å². The van der Waals surface area contributed by atoms with Crippen molar-refractivity contribution in [3.63, 3.8) is 0 Å². The van der Waals surface area contributed by atoms with E-state index in [2.05, 4.69) is 21.3 Å². The fraction of sp³-hybridized carbons (Fsp3) is 0.571. The molecule has 0 aliphatic carbocycles. The van der Waals surface area contributed by atoms with E-state index in [1.807, 2.05) is 18.7 Å². The maximum atomic E-state index is 8.93. The second kappa shape index (κ2) is 3.85. The first-order chi connectivity index (χ1) is 5.77.